The summed E-state index contributed by atoms with van der Waals surface area (Å²) < 4.78 is 0. The van der Waals surface area contributed by atoms with Crippen LogP contribution in [0.1, 0.15) is 6.92 Å². The number of aliphatic carboxylic acids is 1. The van der Waals surface area contributed by atoms with Gasteiger partial charge in [-0.1, -0.05) is 0 Å². The van der Waals surface area contributed by atoms with Gasteiger partial charge in [0, 0.05) is 6.92 Å². The summed E-state index contributed by atoms with van der Waals surface area (Å²) in [4.78, 5) is 20.1. The smallest absolute Gasteiger partial charge is 0.334 e. The van der Waals surface area contributed by atoms with Crippen LogP contribution >= 0.6 is 0 Å². The van der Waals surface area contributed by atoms with E-state index in [2.05, 4.69) is 5.32 Å². The zero-order valence-corrected chi connectivity index (χ0v) is 5.50. The third-order valence-corrected chi connectivity index (χ3v) is 0.829. The Balaban J connectivity index is 3.49. The standard InChI is InChI=1S/C5H9NO4/c1-3(7)6-2-4(8)5(9)10/h4,8H,2H2,1H3,(H,6,7)(H,9,10)/t4-/m0/s1. The summed E-state index contributed by atoms with van der Waals surface area (Å²) in [6.07, 6.45) is -1.51. The van der Waals surface area contributed by atoms with Gasteiger partial charge in [-0.15, -0.1) is 0 Å². The lowest BCUT2D eigenvalue weighted by atomic mass is 10.3. The van der Waals surface area contributed by atoms with Gasteiger partial charge in [-0.3, -0.25) is 4.79 Å². The van der Waals surface area contributed by atoms with Gasteiger partial charge in [0.1, 0.15) is 0 Å². The minimum atomic E-state index is -1.51. The highest BCUT2D eigenvalue weighted by Crippen LogP contribution is 1.78. The summed E-state index contributed by atoms with van der Waals surface area (Å²) >= 11 is 0. The van der Waals surface area contributed by atoms with Gasteiger partial charge >= 0.3 is 5.97 Å². The van der Waals surface area contributed by atoms with E-state index in [1.54, 1.807) is 0 Å². The quantitative estimate of drug-likeness (QED) is 0.456. The molecule has 0 aromatic carbocycles. The maximum atomic E-state index is 10.2. The van der Waals surface area contributed by atoms with E-state index in [4.69, 9.17) is 10.2 Å². The molecule has 58 valence electrons. The Kier molecular flexibility index (Phi) is 3.42. The molecule has 5 nitrogen and oxygen atoms in total. The van der Waals surface area contributed by atoms with Crippen molar-refractivity contribution in [3.63, 3.8) is 0 Å². The van der Waals surface area contributed by atoms with Gasteiger partial charge < -0.3 is 15.5 Å². The van der Waals surface area contributed by atoms with E-state index in [1.165, 1.54) is 6.92 Å². The van der Waals surface area contributed by atoms with Crippen LogP contribution in [0.2, 0.25) is 0 Å². The minimum Gasteiger partial charge on any atom is -0.479 e. The molecule has 10 heavy (non-hydrogen) atoms. The molecule has 0 unspecified atom stereocenters. The van der Waals surface area contributed by atoms with Gasteiger partial charge in [0.15, 0.2) is 6.10 Å². The van der Waals surface area contributed by atoms with Crippen molar-refractivity contribution in [2.45, 2.75) is 13.0 Å². The van der Waals surface area contributed by atoms with Crippen molar-refractivity contribution in [3.8, 4) is 0 Å². The Hall–Kier alpha value is -1.10. The van der Waals surface area contributed by atoms with Crippen LogP contribution in [-0.4, -0.2) is 34.7 Å². The van der Waals surface area contributed by atoms with Crippen LogP contribution in [0, 0.1) is 0 Å². The maximum Gasteiger partial charge on any atom is 0.334 e. The van der Waals surface area contributed by atoms with Gasteiger partial charge in [-0.25, -0.2) is 4.79 Å². The first-order valence-corrected chi connectivity index (χ1v) is 2.69. The Morgan fingerprint density at radius 1 is 1.60 bits per heavy atom. The average molecular weight is 147 g/mol. The fourth-order valence-corrected chi connectivity index (χ4v) is 0.328. The van der Waals surface area contributed by atoms with E-state index in [0.717, 1.165) is 0 Å². The first kappa shape index (κ1) is 8.90. The monoisotopic (exact) mass is 147 g/mol. The molecule has 1 amide bonds. The number of carbonyl (C=O) groups is 2. The van der Waals surface area contributed by atoms with Crippen LogP contribution in [0.3, 0.4) is 0 Å². The van der Waals surface area contributed by atoms with E-state index in [0.29, 0.717) is 0 Å². The molecule has 0 rings (SSSR count). The first-order chi connectivity index (χ1) is 4.54. The van der Waals surface area contributed by atoms with Crippen molar-refractivity contribution in [1.82, 2.24) is 5.32 Å². The Morgan fingerprint density at radius 3 is 2.40 bits per heavy atom. The van der Waals surface area contributed by atoms with Gasteiger partial charge in [0.2, 0.25) is 5.91 Å². The van der Waals surface area contributed by atoms with E-state index in [1.807, 2.05) is 0 Å². The summed E-state index contributed by atoms with van der Waals surface area (Å²) in [6, 6.07) is 0. The molecule has 0 radical (unpaired) electrons. The number of aliphatic hydroxyl groups excluding tert-OH is 1. The third kappa shape index (κ3) is 3.85. The van der Waals surface area contributed by atoms with E-state index in [-0.39, 0.29) is 12.5 Å². The van der Waals surface area contributed by atoms with Crippen LogP contribution in [0.25, 0.3) is 0 Å². The molecule has 0 heterocycles. The Morgan fingerprint density at radius 2 is 2.10 bits per heavy atom. The minimum absolute atomic E-state index is 0.245. The van der Waals surface area contributed by atoms with E-state index in [9.17, 15) is 9.59 Å². The lowest BCUT2D eigenvalue weighted by Gasteiger charge is -2.04. The zero-order chi connectivity index (χ0) is 8.15. The molecule has 0 saturated heterocycles. The SMILES string of the molecule is CC(=O)NC[C@H](O)C(=O)O. The predicted octanol–water partition coefficient (Wildman–Crippen LogP) is -1.43. The summed E-state index contributed by atoms with van der Waals surface area (Å²) in [6.45, 7) is 0.999. The molecule has 0 saturated carbocycles. The fraction of sp³-hybridized carbons (Fsp3) is 0.600. The van der Waals surface area contributed by atoms with Crippen LogP contribution in [-0.2, 0) is 9.59 Å². The zero-order valence-electron chi connectivity index (χ0n) is 5.50. The number of hydrogen-bond acceptors (Lipinski definition) is 3. The molecule has 3 N–H and O–H groups in total. The molecule has 5 heteroatoms. The lowest BCUT2D eigenvalue weighted by molar-refractivity contribution is -0.146. The topological polar surface area (TPSA) is 86.6 Å². The second-order valence-electron chi connectivity index (χ2n) is 1.79. The highest BCUT2D eigenvalue weighted by atomic mass is 16.4. The van der Waals surface area contributed by atoms with Crippen molar-refractivity contribution in [1.29, 1.82) is 0 Å². The van der Waals surface area contributed by atoms with Crippen LogP contribution in [0.4, 0.5) is 0 Å². The number of hydrogen-bond donors (Lipinski definition) is 3. The second kappa shape index (κ2) is 3.84. The number of rotatable bonds is 3. The van der Waals surface area contributed by atoms with E-state index < -0.39 is 12.1 Å². The molecule has 0 spiro atoms. The van der Waals surface area contributed by atoms with Crippen molar-refractivity contribution in [3.05, 3.63) is 0 Å². The number of aliphatic hydroxyl groups is 1. The summed E-state index contributed by atoms with van der Waals surface area (Å²) in [5, 5.41) is 18.8. The normalized spacial score (nSPS) is 12.2. The highest BCUT2D eigenvalue weighted by molar-refractivity contribution is 5.76. The predicted molar refractivity (Wildman–Crippen MR) is 32.3 cm³/mol. The Bertz CT molecular complexity index is 145. The number of carbonyl (C=O) groups excluding carboxylic acids is 1. The Labute approximate surface area is 57.7 Å². The molecule has 0 aromatic heterocycles. The van der Waals surface area contributed by atoms with Gasteiger partial charge in [-0.05, 0) is 0 Å². The van der Waals surface area contributed by atoms with Gasteiger partial charge in [-0.2, -0.15) is 0 Å². The van der Waals surface area contributed by atoms with Gasteiger partial charge in [0.25, 0.3) is 0 Å². The van der Waals surface area contributed by atoms with Crippen molar-refractivity contribution in [2.75, 3.05) is 6.54 Å². The number of amides is 1. The van der Waals surface area contributed by atoms with Crippen LogP contribution in [0.5, 0.6) is 0 Å². The molecular formula is C5H9NO4. The first-order valence-electron chi connectivity index (χ1n) is 2.69. The lowest BCUT2D eigenvalue weighted by Crippen LogP contribution is -2.35. The number of carboxylic acids is 1. The molecule has 0 aromatic rings. The van der Waals surface area contributed by atoms with E-state index >= 15 is 0 Å². The van der Waals surface area contributed by atoms with Crippen molar-refractivity contribution >= 4 is 11.9 Å². The molecule has 0 aliphatic carbocycles. The second-order valence-corrected chi connectivity index (χ2v) is 1.79. The van der Waals surface area contributed by atoms with Crippen molar-refractivity contribution in [2.24, 2.45) is 0 Å². The molecule has 1 atom stereocenters. The largest absolute Gasteiger partial charge is 0.479 e. The number of carboxylic acid groups (broad SMARTS) is 1. The summed E-state index contributed by atoms with van der Waals surface area (Å²) in [7, 11) is 0. The molecule has 0 aliphatic rings. The molecule has 0 aliphatic heterocycles. The maximum absolute atomic E-state index is 10.2. The fourth-order valence-electron chi connectivity index (χ4n) is 0.328. The average Bonchev–Trinajstić information content (AvgIpc) is 1.82. The highest BCUT2D eigenvalue weighted by Gasteiger charge is 2.11. The van der Waals surface area contributed by atoms with Gasteiger partial charge in [0.05, 0.1) is 6.54 Å². The third-order valence-electron chi connectivity index (χ3n) is 0.829. The van der Waals surface area contributed by atoms with Crippen LogP contribution in [0.15, 0.2) is 0 Å². The number of nitrogens with one attached hydrogen (secondary N) is 1. The van der Waals surface area contributed by atoms with Crippen molar-refractivity contribution < 1.29 is 19.8 Å². The summed E-state index contributed by atoms with van der Waals surface area (Å²) in [5.41, 5.74) is 0. The molecular weight excluding hydrogens is 138 g/mol. The molecule has 0 bridgehead atoms. The van der Waals surface area contributed by atoms with Crippen LogP contribution < -0.4 is 5.32 Å². The molecule has 0 fully saturated rings. The summed E-state index contributed by atoms with van der Waals surface area (Å²) in [5.74, 6) is -1.70.